The first kappa shape index (κ1) is 25.1. The molecule has 0 aliphatic heterocycles. The third-order valence-corrected chi connectivity index (χ3v) is 4.80. The first-order chi connectivity index (χ1) is 15.1. The van der Waals surface area contributed by atoms with Crippen LogP contribution in [-0.2, 0) is 14.3 Å². The van der Waals surface area contributed by atoms with Gasteiger partial charge in [-0.1, -0.05) is 25.4 Å². The van der Waals surface area contributed by atoms with Crippen LogP contribution in [0, 0.1) is 11.7 Å². The predicted molar refractivity (Wildman–Crippen MR) is 119 cm³/mol. The highest BCUT2D eigenvalue weighted by atomic mass is 35.5. The molecule has 0 aliphatic rings. The average Bonchev–Trinajstić information content (AvgIpc) is 2.74. The maximum absolute atomic E-state index is 13.2. The van der Waals surface area contributed by atoms with Gasteiger partial charge < -0.3 is 20.1 Å². The van der Waals surface area contributed by atoms with Crippen molar-refractivity contribution in [2.24, 2.45) is 5.92 Å². The molecule has 0 saturated heterocycles. The number of carbonyl (C=O) groups is 3. The van der Waals surface area contributed by atoms with Crippen LogP contribution in [-0.4, -0.2) is 36.5 Å². The van der Waals surface area contributed by atoms with Crippen LogP contribution >= 0.6 is 11.6 Å². The molecule has 2 aromatic carbocycles. The molecule has 7 nitrogen and oxygen atoms in total. The molecule has 2 rings (SSSR count). The number of hydrogen-bond acceptors (Lipinski definition) is 5. The minimum absolute atomic E-state index is 0.0135. The highest BCUT2D eigenvalue weighted by molar-refractivity contribution is 6.33. The molecule has 2 aromatic rings. The van der Waals surface area contributed by atoms with Gasteiger partial charge in [0.2, 0.25) is 0 Å². The zero-order valence-corrected chi connectivity index (χ0v) is 19.0. The third-order valence-electron chi connectivity index (χ3n) is 4.49. The fourth-order valence-corrected chi connectivity index (χ4v) is 2.93. The second-order valence-corrected chi connectivity index (χ2v) is 7.75. The zero-order valence-electron chi connectivity index (χ0n) is 18.3. The van der Waals surface area contributed by atoms with Gasteiger partial charge in [-0.15, -0.1) is 0 Å². The van der Waals surface area contributed by atoms with E-state index in [1.807, 2.05) is 6.92 Å². The van der Waals surface area contributed by atoms with Crippen LogP contribution in [0.1, 0.15) is 38.1 Å². The molecule has 1 unspecified atom stereocenters. The molecule has 9 heteroatoms. The van der Waals surface area contributed by atoms with E-state index < -0.39 is 35.7 Å². The van der Waals surface area contributed by atoms with E-state index >= 15 is 0 Å². The molecule has 172 valence electrons. The molecule has 0 bridgehead atoms. The largest absolute Gasteiger partial charge is 0.494 e. The Morgan fingerprint density at radius 2 is 1.72 bits per heavy atom. The Morgan fingerprint density at radius 3 is 2.28 bits per heavy atom. The Morgan fingerprint density at radius 1 is 1.06 bits per heavy atom. The van der Waals surface area contributed by atoms with Gasteiger partial charge in [-0.05, 0) is 62.2 Å². The second kappa shape index (κ2) is 11.5. The van der Waals surface area contributed by atoms with Gasteiger partial charge in [0.25, 0.3) is 11.8 Å². The van der Waals surface area contributed by atoms with E-state index in [1.165, 1.54) is 13.0 Å². The van der Waals surface area contributed by atoms with Crippen LogP contribution in [0.2, 0.25) is 5.02 Å². The highest BCUT2D eigenvalue weighted by Gasteiger charge is 2.29. The number of amides is 2. The SMILES string of the molecule is CCOc1ccc(C(=O)N[C@H](C(=O)OC(C)C(=O)Nc2ccc(F)cc2Cl)C(C)C)cc1. The van der Waals surface area contributed by atoms with E-state index in [-0.39, 0.29) is 16.6 Å². The van der Waals surface area contributed by atoms with E-state index in [0.717, 1.165) is 12.1 Å². The highest BCUT2D eigenvalue weighted by Crippen LogP contribution is 2.22. The number of anilines is 1. The van der Waals surface area contributed by atoms with Crippen molar-refractivity contribution < 1.29 is 28.2 Å². The van der Waals surface area contributed by atoms with Crippen molar-refractivity contribution in [2.75, 3.05) is 11.9 Å². The molecular weight excluding hydrogens is 439 g/mol. The number of halogens is 2. The van der Waals surface area contributed by atoms with Crippen LogP contribution in [0.3, 0.4) is 0 Å². The quantitative estimate of drug-likeness (QED) is 0.542. The lowest BCUT2D eigenvalue weighted by Crippen LogP contribution is -2.47. The maximum atomic E-state index is 13.2. The molecule has 2 atom stereocenters. The number of carbonyl (C=O) groups excluding carboxylic acids is 3. The van der Waals surface area contributed by atoms with Crippen molar-refractivity contribution >= 4 is 35.1 Å². The first-order valence-electron chi connectivity index (χ1n) is 10.1. The molecule has 0 saturated carbocycles. The maximum Gasteiger partial charge on any atom is 0.329 e. The van der Waals surface area contributed by atoms with E-state index in [2.05, 4.69) is 10.6 Å². The topological polar surface area (TPSA) is 93.7 Å². The smallest absolute Gasteiger partial charge is 0.329 e. The van der Waals surface area contributed by atoms with Crippen LogP contribution in [0.25, 0.3) is 0 Å². The lowest BCUT2D eigenvalue weighted by Gasteiger charge is -2.23. The van der Waals surface area contributed by atoms with Crippen molar-refractivity contribution in [3.05, 3.63) is 58.9 Å². The van der Waals surface area contributed by atoms with Crippen molar-refractivity contribution in [1.82, 2.24) is 5.32 Å². The number of nitrogens with one attached hydrogen (secondary N) is 2. The van der Waals surface area contributed by atoms with Crippen LogP contribution in [0.4, 0.5) is 10.1 Å². The molecule has 0 radical (unpaired) electrons. The fraction of sp³-hybridized carbons (Fsp3) is 0.348. The summed E-state index contributed by atoms with van der Waals surface area (Å²) in [6, 6.07) is 9.03. The molecule has 2 N–H and O–H groups in total. The number of hydrogen-bond donors (Lipinski definition) is 2. The first-order valence-corrected chi connectivity index (χ1v) is 10.5. The van der Waals surface area contributed by atoms with Gasteiger partial charge in [0.15, 0.2) is 6.10 Å². The summed E-state index contributed by atoms with van der Waals surface area (Å²) < 4.78 is 23.8. The van der Waals surface area contributed by atoms with Gasteiger partial charge >= 0.3 is 5.97 Å². The Bertz CT molecular complexity index is 965. The van der Waals surface area contributed by atoms with Gasteiger partial charge in [0.1, 0.15) is 17.6 Å². The Kier molecular flexibility index (Phi) is 9.02. The second-order valence-electron chi connectivity index (χ2n) is 7.35. The minimum atomic E-state index is -1.17. The summed E-state index contributed by atoms with van der Waals surface area (Å²) in [6.07, 6.45) is -1.17. The molecule has 0 aliphatic carbocycles. The monoisotopic (exact) mass is 464 g/mol. The fourth-order valence-electron chi connectivity index (χ4n) is 2.72. The summed E-state index contributed by atoms with van der Waals surface area (Å²) in [4.78, 5) is 37.6. The van der Waals surface area contributed by atoms with Crippen LogP contribution in [0.15, 0.2) is 42.5 Å². The van der Waals surface area contributed by atoms with E-state index in [4.69, 9.17) is 21.1 Å². The molecule has 2 amide bonds. The Labute approximate surface area is 191 Å². The van der Waals surface area contributed by atoms with E-state index in [1.54, 1.807) is 38.1 Å². The number of rotatable bonds is 9. The van der Waals surface area contributed by atoms with Gasteiger partial charge in [0.05, 0.1) is 17.3 Å². The molecular formula is C23H26ClFN2O5. The summed E-state index contributed by atoms with van der Waals surface area (Å²) in [5, 5.41) is 5.14. The summed E-state index contributed by atoms with van der Waals surface area (Å²) in [7, 11) is 0. The molecule has 0 heterocycles. The number of esters is 1. The van der Waals surface area contributed by atoms with Gasteiger partial charge in [-0.25, -0.2) is 9.18 Å². The average molecular weight is 465 g/mol. The normalized spacial score (nSPS) is 12.6. The van der Waals surface area contributed by atoms with Gasteiger partial charge in [0, 0.05) is 5.56 Å². The van der Waals surface area contributed by atoms with Crippen molar-refractivity contribution in [1.29, 1.82) is 0 Å². The minimum Gasteiger partial charge on any atom is -0.494 e. The molecule has 0 spiro atoms. The predicted octanol–water partition coefficient (Wildman–Crippen LogP) is 4.20. The van der Waals surface area contributed by atoms with Crippen molar-refractivity contribution in [3.63, 3.8) is 0 Å². The van der Waals surface area contributed by atoms with Gasteiger partial charge in [-0.3, -0.25) is 9.59 Å². The zero-order chi connectivity index (χ0) is 23.8. The summed E-state index contributed by atoms with van der Waals surface area (Å²) in [6.45, 7) is 7.23. The van der Waals surface area contributed by atoms with Crippen molar-refractivity contribution in [2.45, 2.75) is 39.8 Å². The Hall–Kier alpha value is -3.13. The molecule has 0 fully saturated rings. The number of ether oxygens (including phenoxy) is 2. The number of benzene rings is 2. The molecule has 32 heavy (non-hydrogen) atoms. The lowest BCUT2D eigenvalue weighted by atomic mass is 10.0. The third kappa shape index (κ3) is 6.95. The van der Waals surface area contributed by atoms with Gasteiger partial charge in [-0.2, -0.15) is 0 Å². The lowest BCUT2D eigenvalue weighted by molar-refractivity contribution is -0.156. The summed E-state index contributed by atoms with van der Waals surface area (Å²) in [5.74, 6) is -2.07. The molecule has 0 aromatic heterocycles. The van der Waals surface area contributed by atoms with E-state index in [0.29, 0.717) is 17.9 Å². The van der Waals surface area contributed by atoms with E-state index in [9.17, 15) is 18.8 Å². The Balaban J connectivity index is 2.00. The summed E-state index contributed by atoms with van der Waals surface area (Å²) in [5.41, 5.74) is 0.536. The summed E-state index contributed by atoms with van der Waals surface area (Å²) >= 11 is 5.90. The standard InChI is InChI=1S/C23H26ClFN2O5/c1-5-31-17-9-6-15(7-10-17)22(29)27-20(13(2)3)23(30)32-14(4)21(28)26-19-11-8-16(25)12-18(19)24/h6-14,20H,5H2,1-4H3,(H,26,28)(H,27,29)/t14?,20-/m0/s1. The van der Waals surface area contributed by atoms with Crippen molar-refractivity contribution in [3.8, 4) is 5.75 Å². The van der Waals surface area contributed by atoms with Crippen LogP contribution < -0.4 is 15.4 Å². The van der Waals surface area contributed by atoms with Crippen LogP contribution in [0.5, 0.6) is 5.75 Å².